The molecule has 0 spiro atoms. The van der Waals surface area contributed by atoms with Gasteiger partial charge in [0.1, 0.15) is 0 Å². The highest BCUT2D eigenvalue weighted by atomic mass is 16.5. The summed E-state index contributed by atoms with van der Waals surface area (Å²) in [6.07, 6.45) is 1.84. The SMILES string of the molecule is COc1ccccc1OCCC(=O)N1CCCC(C(N)=O)C1. The van der Waals surface area contributed by atoms with E-state index in [9.17, 15) is 9.59 Å². The van der Waals surface area contributed by atoms with Crippen LogP contribution >= 0.6 is 0 Å². The molecule has 1 aromatic rings. The first-order chi connectivity index (χ1) is 10.6. The third-order valence-electron chi connectivity index (χ3n) is 3.82. The van der Waals surface area contributed by atoms with E-state index in [1.54, 1.807) is 24.1 Å². The number of carbonyl (C=O) groups is 2. The molecule has 2 N–H and O–H groups in total. The number of piperidine rings is 1. The van der Waals surface area contributed by atoms with Crippen LogP contribution in [0.3, 0.4) is 0 Å². The lowest BCUT2D eigenvalue weighted by Gasteiger charge is -2.31. The van der Waals surface area contributed by atoms with Crippen LogP contribution in [0.2, 0.25) is 0 Å². The van der Waals surface area contributed by atoms with Crippen LogP contribution in [0.15, 0.2) is 24.3 Å². The summed E-state index contributed by atoms with van der Waals surface area (Å²) in [7, 11) is 1.57. The van der Waals surface area contributed by atoms with Gasteiger partial charge in [0.25, 0.3) is 0 Å². The maximum atomic E-state index is 12.2. The average Bonchev–Trinajstić information content (AvgIpc) is 2.55. The summed E-state index contributed by atoms with van der Waals surface area (Å²) in [5.41, 5.74) is 5.32. The van der Waals surface area contributed by atoms with Gasteiger partial charge in [-0.2, -0.15) is 0 Å². The van der Waals surface area contributed by atoms with E-state index in [0.29, 0.717) is 24.6 Å². The zero-order chi connectivity index (χ0) is 15.9. The first-order valence-corrected chi connectivity index (χ1v) is 7.44. The molecule has 6 nitrogen and oxygen atoms in total. The molecule has 2 amide bonds. The second-order valence-corrected chi connectivity index (χ2v) is 5.33. The Bertz CT molecular complexity index is 533. The number of nitrogens with zero attached hydrogens (tertiary/aromatic N) is 1. The first-order valence-electron chi connectivity index (χ1n) is 7.44. The standard InChI is InChI=1S/C16H22N2O4/c1-21-13-6-2-3-7-14(13)22-10-8-15(19)18-9-4-5-12(11-18)16(17)20/h2-3,6-7,12H,4-5,8-11H2,1H3,(H2,17,20). The number of rotatable bonds is 6. The number of primary amides is 1. The maximum Gasteiger partial charge on any atom is 0.226 e. The molecule has 120 valence electrons. The minimum absolute atomic E-state index is 0.0131. The molecule has 1 fully saturated rings. The summed E-state index contributed by atoms with van der Waals surface area (Å²) in [5.74, 6) is 0.685. The quantitative estimate of drug-likeness (QED) is 0.856. The smallest absolute Gasteiger partial charge is 0.226 e. The first kappa shape index (κ1) is 16.1. The number of nitrogens with two attached hydrogens (primary N) is 1. The maximum absolute atomic E-state index is 12.2. The monoisotopic (exact) mass is 306 g/mol. The van der Waals surface area contributed by atoms with Gasteiger partial charge < -0.3 is 20.1 Å². The lowest BCUT2D eigenvalue weighted by Crippen LogP contribution is -2.44. The lowest BCUT2D eigenvalue weighted by atomic mass is 9.97. The molecule has 1 aromatic carbocycles. The molecule has 1 aliphatic rings. The molecule has 6 heteroatoms. The third kappa shape index (κ3) is 4.13. The van der Waals surface area contributed by atoms with E-state index in [4.69, 9.17) is 15.2 Å². The van der Waals surface area contributed by atoms with E-state index in [0.717, 1.165) is 12.8 Å². The van der Waals surface area contributed by atoms with Gasteiger partial charge in [0.2, 0.25) is 11.8 Å². The van der Waals surface area contributed by atoms with Crippen LogP contribution in [0.5, 0.6) is 11.5 Å². The Balaban J connectivity index is 1.81. The lowest BCUT2D eigenvalue weighted by molar-refractivity contribution is -0.135. The van der Waals surface area contributed by atoms with Gasteiger partial charge in [-0.1, -0.05) is 12.1 Å². The number of benzene rings is 1. The normalized spacial score (nSPS) is 17.9. The molecule has 0 saturated carbocycles. The van der Waals surface area contributed by atoms with Crippen LogP contribution in [-0.2, 0) is 9.59 Å². The Morgan fingerprint density at radius 3 is 2.73 bits per heavy atom. The molecule has 0 aliphatic carbocycles. The summed E-state index contributed by atoms with van der Waals surface area (Å²) in [6, 6.07) is 7.31. The van der Waals surface area contributed by atoms with Crippen molar-refractivity contribution in [3.8, 4) is 11.5 Å². The van der Waals surface area contributed by atoms with Gasteiger partial charge in [0.05, 0.1) is 26.1 Å². The number of likely N-dealkylation sites (tertiary alicyclic amines) is 1. The molecule has 2 rings (SSSR count). The van der Waals surface area contributed by atoms with Crippen molar-refractivity contribution >= 4 is 11.8 Å². The van der Waals surface area contributed by atoms with Crippen molar-refractivity contribution < 1.29 is 19.1 Å². The van der Waals surface area contributed by atoms with Crippen molar-refractivity contribution in [2.75, 3.05) is 26.8 Å². The van der Waals surface area contributed by atoms with Gasteiger partial charge in [-0.15, -0.1) is 0 Å². The fourth-order valence-electron chi connectivity index (χ4n) is 2.58. The molecule has 1 unspecified atom stereocenters. The van der Waals surface area contributed by atoms with E-state index in [2.05, 4.69) is 0 Å². The minimum Gasteiger partial charge on any atom is -0.493 e. The summed E-state index contributed by atoms with van der Waals surface area (Å²) in [4.78, 5) is 25.1. The summed E-state index contributed by atoms with van der Waals surface area (Å²) >= 11 is 0. The van der Waals surface area contributed by atoms with Crippen LogP contribution in [0.25, 0.3) is 0 Å². The number of para-hydroxylation sites is 2. The van der Waals surface area contributed by atoms with E-state index < -0.39 is 0 Å². The molecule has 0 aromatic heterocycles. The Morgan fingerprint density at radius 1 is 1.32 bits per heavy atom. The summed E-state index contributed by atoms with van der Waals surface area (Å²) in [6.45, 7) is 1.37. The van der Waals surface area contributed by atoms with Gasteiger partial charge in [-0.05, 0) is 25.0 Å². The highest BCUT2D eigenvalue weighted by Crippen LogP contribution is 2.26. The van der Waals surface area contributed by atoms with Gasteiger partial charge in [-0.25, -0.2) is 0 Å². The van der Waals surface area contributed by atoms with Gasteiger partial charge in [0, 0.05) is 13.1 Å². The Labute approximate surface area is 130 Å². The molecular formula is C16H22N2O4. The van der Waals surface area contributed by atoms with Crippen LogP contribution in [-0.4, -0.2) is 43.5 Å². The number of amides is 2. The van der Waals surface area contributed by atoms with Crippen LogP contribution < -0.4 is 15.2 Å². The fourth-order valence-corrected chi connectivity index (χ4v) is 2.58. The Hall–Kier alpha value is -2.24. The molecule has 1 heterocycles. The highest BCUT2D eigenvalue weighted by Gasteiger charge is 2.26. The van der Waals surface area contributed by atoms with E-state index in [1.165, 1.54) is 0 Å². The molecule has 1 atom stereocenters. The number of methoxy groups -OCH3 is 1. The average molecular weight is 306 g/mol. The number of hydrogen-bond donors (Lipinski definition) is 1. The molecule has 0 bridgehead atoms. The van der Waals surface area contributed by atoms with Crippen molar-refractivity contribution in [1.82, 2.24) is 4.90 Å². The van der Waals surface area contributed by atoms with E-state index >= 15 is 0 Å². The van der Waals surface area contributed by atoms with E-state index in [1.807, 2.05) is 12.1 Å². The molecular weight excluding hydrogens is 284 g/mol. The van der Waals surface area contributed by atoms with Crippen molar-refractivity contribution in [1.29, 1.82) is 0 Å². The third-order valence-corrected chi connectivity index (χ3v) is 3.82. The summed E-state index contributed by atoms with van der Waals surface area (Å²) in [5, 5.41) is 0. The zero-order valence-electron chi connectivity index (χ0n) is 12.8. The molecule has 0 radical (unpaired) electrons. The second kappa shape index (κ2) is 7.68. The predicted molar refractivity (Wildman–Crippen MR) is 81.6 cm³/mol. The van der Waals surface area contributed by atoms with Crippen molar-refractivity contribution in [3.63, 3.8) is 0 Å². The summed E-state index contributed by atoms with van der Waals surface area (Å²) < 4.78 is 10.8. The van der Waals surface area contributed by atoms with E-state index in [-0.39, 0.29) is 30.8 Å². The molecule has 1 saturated heterocycles. The van der Waals surface area contributed by atoms with Gasteiger partial charge in [0.15, 0.2) is 11.5 Å². The molecule has 22 heavy (non-hydrogen) atoms. The van der Waals surface area contributed by atoms with Crippen molar-refractivity contribution in [2.45, 2.75) is 19.3 Å². The van der Waals surface area contributed by atoms with Gasteiger partial charge in [-0.3, -0.25) is 9.59 Å². The van der Waals surface area contributed by atoms with Gasteiger partial charge >= 0.3 is 0 Å². The minimum atomic E-state index is -0.331. The van der Waals surface area contributed by atoms with Crippen LogP contribution in [0.4, 0.5) is 0 Å². The van der Waals surface area contributed by atoms with Crippen LogP contribution in [0.1, 0.15) is 19.3 Å². The topological polar surface area (TPSA) is 81.9 Å². The van der Waals surface area contributed by atoms with Crippen molar-refractivity contribution in [3.05, 3.63) is 24.3 Å². The second-order valence-electron chi connectivity index (χ2n) is 5.33. The van der Waals surface area contributed by atoms with Crippen LogP contribution in [0, 0.1) is 5.92 Å². The molecule has 1 aliphatic heterocycles. The van der Waals surface area contributed by atoms with Crippen molar-refractivity contribution in [2.24, 2.45) is 11.7 Å². The predicted octanol–water partition coefficient (Wildman–Crippen LogP) is 1.19. The zero-order valence-corrected chi connectivity index (χ0v) is 12.8. The number of carbonyl (C=O) groups excluding carboxylic acids is 2. The Kier molecular flexibility index (Phi) is 5.63. The Morgan fingerprint density at radius 2 is 2.05 bits per heavy atom. The highest BCUT2D eigenvalue weighted by molar-refractivity contribution is 5.80. The fraction of sp³-hybridized carbons (Fsp3) is 0.500. The number of hydrogen-bond acceptors (Lipinski definition) is 4. The largest absolute Gasteiger partial charge is 0.493 e. The number of ether oxygens (including phenoxy) is 2.